The van der Waals surface area contributed by atoms with Gasteiger partial charge >= 0.3 is 0 Å². The van der Waals surface area contributed by atoms with Gasteiger partial charge in [-0.25, -0.2) is 9.37 Å². The molecule has 154 valence electrons. The molecular weight excluding hydrogens is 381 g/mol. The number of aromatic nitrogens is 6. The molecule has 0 saturated heterocycles. The maximum absolute atomic E-state index is 13.8. The van der Waals surface area contributed by atoms with Crippen molar-refractivity contribution in [2.24, 2.45) is 0 Å². The number of aromatic amines is 1. The van der Waals surface area contributed by atoms with Crippen LogP contribution in [-0.2, 0) is 12.8 Å². The zero-order valence-electron chi connectivity index (χ0n) is 17.3. The van der Waals surface area contributed by atoms with Crippen LogP contribution in [0.1, 0.15) is 49.9 Å². The van der Waals surface area contributed by atoms with Crippen LogP contribution in [0.25, 0.3) is 16.9 Å². The highest BCUT2D eigenvalue weighted by molar-refractivity contribution is 5.68. The van der Waals surface area contributed by atoms with E-state index in [4.69, 9.17) is 4.98 Å². The van der Waals surface area contributed by atoms with Crippen molar-refractivity contribution in [1.29, 1.82) is 0 Å². The van der Waals surface area contributed by atoms with Gasteiger partial charge in [-0.15, -0.1) is 0 Å². The van der Waals surface area contributed by atoms with Crippen molar-refractivity contribution < 1.29 is 4.39 Å². The minimum absolute atomic E-state index is 0.171. The molecule has 1 aliphatic carbocycles. The van der Waals surface area contributed by atoms with Crippen LogP contribution in [0.2, 0.25) is 0 Å². The summed E-state index contributed by atoms with van der Waals surface area (Å²) in [5.41, 5.74) is 5.41. The van der Waals surface area contributed by atoms with Gasteiger partial charge in [-0.1, -0.05) is 13.8 Å². The van der Waals surface area contributed by atoms with Crippen LogP contribution in [-0.4, -0.2) is 35.3 Å². The quantitative estimate of drug-likeness (QED) is 0.533. The van der Waals surface area contributed by atoms with Crippen LogP contribution in [0, 0.1) is 5.82 Å². The van der Waals surface area contributed by atoms with E-state index < -0.39 is 0 Å². The van der Waals surface area contributed by atoms with E-state index in [9.17, 15) is 4.39 Å². The van der Waals surface area contributed by atoms with Crippen LogP contribution in [0.5, 0.6) is 0 Å². The number of rotatable bonds is 4. The first kappa shape index (κ1) is 18.7. The summed E-state index contributed by atoms with van der Waals surface area (Å²) in [6, 6.07) is 3.38. The van der Waals surface area contributed by atoms with Gasteiger partial charge in [0.2, 0.25) is 0 Å². The Hall–Kier alpha value is -3.29. The number of pyridine rings is 1. The van der Waals surface area contributed by atoms with E-state index in [1.165, 1.54) is 23.5 Å². The average Bonchev–Trinajstić information content (AvgIpc) is 3.34. The molecule has 7 nitrogen and oxygen atoms in total. The molecule has 4 aromatic rings. The van der Waals surface area contributed by atoms with Crippen LogP contribution >= 0.6 is 0 Å². The van der Waals surface area contributed by atoms with E-state index in [1.807, 2.05) is 23.0 Å². The summed E-state index contributed by atoms with van der Waals surface area (Å²) < 4.78 is 15.7. The summed E-state index contributed by atoms with van der Waals surface area (Å²) in [6.45, 7) is 6.44. The lowest BCUT2D eigenvalue weighted by Gasteiger charge is -2.35. The van der Waals surface area contributed by atoms with Gasteiger partial charge in [0, 0.05) is 41.0 Å². The Balaban J connectivity index is 1.62. The molecule has 0 unspecified atom stereocenters. The topological polar surface area (TPSA) is 83.8 Å². The fraction of sp³-hybridized carbons (Fsp3) is 0.364. The Kier molecular flexibility index (Phi) is 4.30. The molecule has 0 bridgehead atoms. The number of halogens is 1. The average molecular weight is 405 g/mol. The maximum Gasteiger partial charge on any atom is 0.161 e. The summed E-state index contributed by atoms with van der Waals surface area (Å²) in [6.07, 6.45) is 9.38. The van der Waals surface area contributed by atoms with Crippen LogP contribution in [0.3, 0.4) is 0 Å². The summed E-state index contributed by atoms with van der Waals surface area (Å²) >= 11 is 0. The lowest BCUT2D eigenvalue weighted by molar-refractivity contribution is 0.438. The van der Waals surface area contributed by atoms with Gasteiger partial charge < -0.3 is 5.32 Å². The fourth-order valence-corrected chi connectivity index (χ4v) is 4.19. The molecular formula is C22H24FN7. The molecule has 0 amide bonds. The summed E-state index contributed by atoms with van der Waals surface area (Å²) in [5.74, 6) is 0.713. The van der Waals surface area contributed by atoms with Crippen molar-refractivity contribution in [3.63, 3.8) is 0 Å². The lowest BCUT2D eigenvalue weighted by Crippen LogP contribution is -2.41. The second-order valence-electron chi connectivity index (χ2n) is 8.64. The van der Waals surface area contributed by atoms with Gasteiger partial charge in [0.15, 0.2) is 5.65 Å². The van der Waals surface area contributed by atoms with Crippen molar-refractivity contribution >= 4 is 11.5 Å². The Labute approximate surface area is 173 Å². The molecule has 0 saturated carbocycles. The lowest BCUT2D eigenvalue weighted by atomic mass is 9.82. The molecule has 8 heteroatoms. The third kappa shape index (κ3) is 3.22. The second-order valence-corrected chi connectivity index (χ2v) is 8.64. The smallest absolute Gasteiger partial charge is 0.161 e. The summed E-state index contributed by atoms with van der Waals surface area (Å²) in [7, 11) is 0. The molecule has 0 spiro atoms. The number of hydrogen-bond acceptors (Lipinski definition) is 5. The molecule has 30 heavy (non-hydrogen) atoms. The van der Waals surface area contributed by atoms with E-state index in [0.717, 1.165) is 36.3 Å². The predicted molar refractivity (Wildman–Crippen MR) is 113 cm³/mol. The third-order valence-corrected chi connectivity index (χ3v) is 5.87. The number of nitrogens with one attached hydrogen (secondary N) is 2. The van der Waals surface area contributed by atoms with Gasteiger partial charge in [-0.05, 0) is 37.3 Å². The zero-order valence-corrected chi connectivity index (χ0v) is 17.3. The highest BCUT2D eigenvalue weighted by atomic mass is 19.1. The molecule has 4 aromatic heterocycles. The van der Waals surface area contributed by atoms with Crippen LogP contribution in [0.15, 0.2) is 36.9 Å². The third-order valence-electron chi connectivity index (χ3n) is 5.87. The Bertz CT molecular complexity index is 1230. The first-order valence-electron chi connectivity index (χ1n) is 10.2. The minimum Gasteiger partial charge on any atom is -0.364 e. The number of hydrogen-bond donors (Lipinski definition) is 2. The fourth-order valence-electron chi connectivity index (χ4n) is 4.19. The molecule has 0 fully saturated rings. The number of aryl methyl sites for hydroxylation is 1. The normalized spacial score (nSPS) is 18.7. The van der Waals surface area contributed by atoms with Gasteiger partial charge in [-0.2, -0.15) is 14.7 Å². The molecule has 0 aliphatic heterocycles. The van der Waals surface area contributed by atoms with Crippen molar-refractivity contribution in [2.75, 3.05) is 5.32 Å². The van der Waals surface area contributed by atoms with Crippen molar-refractivity contribution in [2.45, 2.75) is 51.5 Å². The van der Waals surface area contributed by atoms with Crippen molar-refractivity contribution in [3.8, 4) is 11.3 Å². The van der Waals surface area contributed by atoms with Crippen molar-refractivity contribution in [1.82, 2.24) is 29.8 Å². The van der Waals surface area contributed by atoms with E-state index >= 15 is 0 Å². The molecule has 1 atom stereocenters. The van der Waals surface area contributed by atoms with E-state index in [2.05, 4.69) is 46.4 Å². The van der Waals surface area contributed by atoms with Gasteiger partial charge in [0.05, 0.1) is 24.3 Å². The first-order chi connectivity index (χ1) is 14.4. The standard InChI is InChI=1S/C22H24FN7/c1-13(2)17-12-26-30-20(28-22(3)5-4-14-10-25-29-19(14)8-22)7-18(27-21(17)30)15-6-16(23)11-24-9-15/h6-7,9-13,28H,4-5,8H2,1-3H3,(H,25,29)/t22-/m0/s1. The number of anilines is 1. The van der Waals surface area contributed by atoms with E-state index in [-0.39, 0.29) is 17.3 Å². The monoisotopic (exact) mass is 405 g/mol. The highest BCUT2D eigenvalue weighted by Crippen LogP contribution is 2.33. The predicted octanol–water partition coefficient (Wildman–Crippen LogP) is 4.14. The minimum atomic E-state index is -0.382. The molecule has 0 radical (unpaired) electrons. The molecule has 2 N–H and O–H groups in total. The first-order valence-corrected chi connectivity index (χ1v) is 10.2. The Morgan fingerprint density at radius 3 is 2.87 bits per heavy atom. The van der Waals surface area contributed by atoms with Gasteiger partial charge in [0.25, 0.3) is 0 Å². The largest absolute Gasteiger partial charge is 0.364 e. The number of nitrogens with zero attached hydrogens (tertiary/aromatic N) is 5. The molecule has 4 heterocycles. The van der Waals surface area contributed by atoms with Gasteiger partial charge in [0.1, 0.15) is 11.6 Å². The molecule has 5 rings (SSSR count). The molecule has 1 aliphatic rings. The maximum atomic E-state index is 13.8. The van der Waals surface area contributed by atoms with E-state index in [0.29, 0.717) is 11.3 Å². The van der Waals surface area contributed by atoms with Crippen molar-refractivity contribution in [3.05, 3.63) is 59.6 Å². The Morgan fingerprint density at radius 1 is 1.20 bits per heavy atom. The summed E-state index contributed by atoms with van der Waals surface area (Å²) in [4.78, 5) is 8.80. The second kappa shape index (κ2) is 6.90. The summed E-state index contributed by atoms with van der Waals surface area (Å²) in [5, 5.41) is 15.6. The Morgan fingerprint density at radius 2 is 2.07 bits per heavy atom. The zero-order chi connectivity index (χ0) is 20.9. The highest BCUT2D eigenvalue weighted by Gasteiger charge is 2.32. The van der Waals surface area contributed by atoms with Crippen LogP contribution < -0.4 is 5.32 Å². The van der Waals surface area contributed by atoms with Gasteiger partial charge in [-0.3, -0.25) is 10.1 Å². The molecule has 0 aromatic carbocycles. The number of H-pyrrole nitrogens is 1. The number of fused-ring (bicyclic) bond motifs is 2. The van der Waals surface area contributed by atoms with E-state index in [1.54, 1.807) is 6.20 Å². The SMILES string of the molecule is CC(C)c1cnn2c(N[C@@]3(C)CCc4cn[nH]c4C3)cc(-c3cncc(F)c3)nc12. The van der Waals surface area contributed by atoms with Crippen LogP contribution in [0.4, 0.5) is 10.2 Å².